The van der Waals surface area contributed by atoms with Crippen LogP contribution < -0.4 is 20.7 Å². The van der Waals surface area contributed by atoms with E-state index in [1.54, 1.807) is 6.26 Å². The molecular formula is C14H21NO3. The number of hydrogen-bond acceptors (Lipinski definition) is 4. The molecule has 0 fully saturated rings. The average Bonchev–Trinajstić information content (AvgIpc) is 2.77. The molecule has 1 aliphatic rings. The lowest BCUT2D eigenvalue weighted by Crippen LogP contribution is -2.35. The number of hydrogen-bond donors (Lipinski definition) is 2. The van der Waals surface area contributed by atoms with Gasteiger partial charge in [-0.2, -0.15) is 0 Å². The molecule has 0 spiro atoms. The van der Waals surface area contributed by atoms with Crippen LogP contribution in [0.25, 0.3) is 12.2 Å². The summed E-state index contributed by atoms with van der Waals surface area (Å²) in [6, 6.07) is 0.365. The summed E-state index contributed by atoms with van der Waals surface area (Å²) in [6.45, 7) is 4.91. The minimum absolute atomic E-state index is 0.277. The average molecular weight is 251 g/mol. The molecule has 1 unspecified atom stereocenters. The third kappa shape index (κ3) is 3.37. The number of aliphatic hydroxyl groups excluding tert-OH is 1. The van der Waals surface area contributed by atoms with Gasteiger partial charge in [0.25, 0.3) is 0 Å². The zero-order valence-electron chi connectivity index (χ0n) is 11.0. The summed E-state index contributed by atoms with van der Waals surface area (Å²) in [5, 5.41) is 14.0. The van der Waals surface area contributed by atoms with E-state index in [9.17, 15) is 5.11 Å². The number of furan rings is 1. The monoisotopic (exact) mass is 251 g/mol. The fraction of sp³-hybridized carbons (Fsp3) is 0.571. The maximum Gasteiger partial charge on any atom is 0.165 e. The molecule has 0 radical (unpaired) electrons. The molecule has 1 aromatic rings. The summed E-state index contributed by atoms with van der Waals surface area (Å²) in [4.78, 5) is 0. The van der Waals surface area contributed by atoms with E-state index in [-0.39, 0.29) is 6.61 Å². The van der Waals surface area contributed by atoms with Crippen molar-refractivity contribution >= 4 is 12.2 Å². The van der Waals surface area contributed by atoms with E-state index in [2.05, 4.69) is 17.5 Å². The van der Waals surface area contributed by atoms with Gasteiger partial charge in [-0.25, -0.2) is 0 Å². The van der Waals surface area contributed by atoms with Gasteiger partial charge in [-0.1, -0.05) is 19.9 Å². The van der Waals surface area contributed by atoms with Gasteiger partial charge in [0, 0.05) is 12.6 Å². The SMILES string of the molecule is CC(C)NCC(O)COc1coc2c1=CCCC=2. The first kappa shape index (κ1) is 13.2. The Morgan fingerprint density at radius 1 is 1.39 bits per heavy atom. The van der Waals surface area contributed by atoms with Crippen LogP contribution in [0.15, 0.2) is 10.7 Å². The van der Waals surface area contributed by atoms with Crippen molar-refractivity contribution in [1.29, 1.82) is 0 Å². The van der Waals surface area contributed by atoms with Gasteiger partial charge in [0.15, 0.2) is 5.75 Å². The summed E-state index contributed by atoms with van der Waals surface area (Å²) in [5.41, 5.74) is 0.881. The first-order valence-corrected chi connectivity index (χ1v) is 6.49. The molecule has 0 saturated heterocycles. The molecule has 1 heterocycles. The lowest BCUT2D eigenvalue weighted by Gasteiger charge is -2.14. The van der Waals surface area contributed by atoms with Crippen LogP contribution in [0.2, 0.25) is 0 Å². The van der Waals surface area contributed by atoms with E-state index < -0.39 is 6.10 Å². The summed E-state index contributed by atoms with van der Waals surface area (Å²) >= 11 is 0. The summed E-state index contributed by atoms with van der Waals surface area (Å²) in [6.07, 6.45) is 7.32. The van der Waals surface area contributed by atoms with Gasteiger partial charge in [-0.05, 0) is 18.9 Å². The highest BCUT2D eigenvalue weighted by Gasteiger charge is 2.09. The van der Waals surface area contributed by atoms with Gasteiger partial charge in [0.2, 0.25) is 0 Å². The molecule has 18 heavy (non-hydrogen) atoms. The Kier molecular flexibility index (Phi) is 4.44. The normalized spacial score (nSPS) is 15.8. The van der Waals surface area contributed by atoms with E-state index in [4.69, 9.17) is 9.15 Å². The highest BCUT2D eigenvalue weighted by Crippen LogP contribution is 2.05. The lowest BCUT2D eigenvalue weighted by molar-refractivity contribution is 0.104. The number of aliphatic hydroxyl groups is 1. The Balaban J connectivity index is 1.89. The molecule has 0 amide bonds. The van der Waals surface area contributed by atoms with Crippen molar-refractivity contribution < 1.29 is 14.3 Å². The second kappa shape index (κ2) is 6.07. The predicted molar refractivity (Wildman–Crippen MR) is 70.8 cm³/mol. The standard InChI is InChI=1S/C14H21NO3/c1-10(2)15-7-11(16)8-17-14-9-18-13-6-4-3-5-12(13)14/h5-6,9-11,15-16H,3-4,7-8H2,1-2H3. The van der Waals surface area contributed by atoms with Crippen LogP contribution >= 0.6 is 0 Å². The second-order valence-electron chi connectivity index (χ2n) is 4.89. The van der Waals surface area contributed by atoms with Gasteiger partial charge in [-0.3, -0.25) is 0 Å². The van der Waals surface area contributed by atoms with Crippen LogP contribution in [0.4, 0.5) is 0 Å². The number of nitrogens with one attached hydrogen (secondary N) is 1. The van der Waals surface area contributed by atoms with Crippen molar-refractivity contribution in [3.05, 3.63) is 16.9 Å². The molecule has 0 aromatic carbocycles. The Bertz CT molecular complexity index is 490. The Labute approximate surface area is 107 Å². The number of ether oxygens (including phenoxy) is 1. The van der Waals surface area contributed by atoms with Crippen molar-refractivity contribution in [2.75, 3.05) is 13.2 Å². The molecule has 2 N–H and O–H groups in total. The Hall–Kier alpha value is -1.26. The molecule has 2 rings (SSSR count). The highest BCUT2D eigenvalue weighted by molar-refractivity contribution is 5.40. The minimum Gasteiger partial charge on any atom is -0.487 e. The minimum atomic E-state index is -0.509. The smallest absolute Gasteiger partial charge is 0.165 e. The zero-order chi connectivity index (χ0) is 13.0. The molecule has 1 aliphatic carbocycles. The van der Waals surface area contributed by atoms with E-state index in [0.29, 0.717) is 12.6 Å². The van der Waals surface area contributed by atoms with Crippen molar-refractivity contribution in [1.82, 2.24) is 5.32 Å². The Morgan fingerprint density at radius 3 is 2.94 bits per heavy atom. The van der Waals surface area contributed by atoms with Crippen LogP contribution in [0.3, 0.4) is 0 Å². The van der Waals surface area contributed by atoms with Gasteiger partial charge >= 0.3 is 0 Å². The fourth-order valence-electron chi connectivity index (χ4n) is 1.90. The van der Waals surface area contributed by atoms with Gasteiger partial charge < -0.3 is 19.6 Å². The summed E-state index contributed by atoms with van der Waals surface area (Å²) < 4.78 is 11.0. The van der Waals surface area contributed by atoms with Crippen molar-refractivity contribution in [3.63, 3.8) is 0 Å². The van der Waals surface area contributed by atoms with E-state index in [0.717, 1.165) is 29.2 Å². The third-order valence-electron chi connectivity index (χ3n) is 2.86. The van der Waals surface area contributed by atoms with Crippen LogP contribution in [0.5, 0.6) is 5.75 Å². The topological polar surface area (TPSA) is 54.6 Å². The maximum absolute atomic E-state index is 9.76. The lowest BCUT2D eigenvalue weighted by atomic mass is 10.2. The van der Waals surface area contributed by atoms with Crippen LogP contribution in [0.1, 0.15) is 26.7 Å². The third-order valence-corrected chi connectivity index (χ3v) is 2.86. The maximum atomic E-state index is 9.76. The van der Waals surface area contributed by atoms with Crippen LogP contribution in [-0.2, 0) is 0 Å². The predicted octanol–water partition coefficient (Wildman–Crippen LogP) is 0.372. The molecule has 0 saturated carbocycles. The Morgan fingerprint density at radius 2 is 2.17 bits per heavy atom. The molecule has 4 nitrogen and oxygen atoms in total. The first-order chi connectivity index (χ1) is 8.66. The highest BCUT2D eigenvalue weighted by atomic mass is 16.5. The number of fused-ring (bicyclic) bond motifs is 1. The molecule has 1 atom stereocenters. The number of rotatable bonds is 6. The summed E-state index contributed by atoms with van der Waals surface area (Å²) in [5.74, 6) is 0.726. The van der Waals surface area contributed by atoms with Gasteiger partial charge in [-0.15, -0.1) is 0 Å². The van der Waals surface area contributed by atoms with Gasteiger partial charge in [0.05, 0.1) is 5.22 Å². The second-order valence-corrected chi connectivity index (χ2v) is 4.89. The molecule has 0 bridgehead atoms. The van der Waals surface area contributed by atoms with Crippen molar-refractivity contribution in [3.8, 4) is 5.75 Å². The van der Waals surface area contributed by atoms with Crippen LogP contribution in [0, 0.1) is 0 Å². The molecule has 1 aromatic heterocycles. The molecule has 4 heteroatoms. The fourth-order valence-corrected chi connectivity index (χ4v) is 1.90. The molecule has 100 valence electrons. The van der Waals surface area contributed by atoms with E-state index in [1.807, 2.05) is 13.8 Å². The van der Waals surface area contributed by atoms with Crippen molar-refractivity contribution in [2.24, 2.45) is 0 Å². The largest absolute Gasteiger partial charge is 0.487 e. The van der Waals surface area contributed by atoms with Crippen molar-refractivity contribution in [2.45, 2.75) is 38.8 Å². The van der Waals surface area contributed by atoms with Crippen LogP contribution in [-0.4, -0.2) is 30.4 Å². The van der Waals surface area contributed by atoms with E-state index in [1.165, 1.54) is 0 Å². The molecule has 0 aliphatic heterocycles. The zero-order valence-corrected chi connectivity index (χ0v) is 11.0. The van der Waals surface area contributed by atoms with E-state index >= 15 is 0 Å². The first-order valence-electron chi connectivity index (χ1n) is 6.49. The van der Waals surface area contributed by atoms with Gasteiger partial charge in [0.1, 0.15) is 24.4 Å². The molecular weight excluding hydrogens is 230 g/mol. The summed E-state index contributed by atoms with van der Waals surface area (Å²) in [7, 11) is 0. The quantitative estimate of drug-likeness (QED) is 0.767.